The van der Waals surface area contributed by atoms with Gasteiger partial charge in [0.25, 0.3) is 0 Å². The zero-order valence-corrected chi connectivity index (χ0v) is 17.9. The molecule has 0 atom stereocenters. The second kappa shape index (κ2) is 10.5. The van der Waals surface area contributed by atoms with Gasteiger partial charge in [-0.05, 0) is 67.7 Å². The van der Waals surface area contributed by atoms with Gasteiger partial charge in [-0.15, -0.1) is 0 Å². The van der Waals surface area contributed by atoms with E-state index in [0.717, 1.165) is 49.5 Å². The van der Waals surface area contributed by atoms with Crippen LogP contribution in [0.15, 0.2) is 42.5 Å². The van der Waals surface area contributed by atoms with Crippen molar-refractivity contribution in [2.24, 2.45) is 5.92 Å². The summed E-state index contributed by atoms with van der Waals surface area (Å²) in [5.74, 6) is 1.68. The lowest BCUT2D eigenvalue weighted by molar-refractivity contribution is -0.126. The number of ether oxygens (including phenoxy) is 2. The number of hydrogen-bond acceptors (Lipinski definition) is 4. The zero-order chi connectivity index (χ0) is 20.6. The van der Waals surface area contributed by atoms with Crippen molar-refractivity contribution < 1.29 is 14.3 Å². The maximum Gasteiger partial charge on any atom is 0.223 e. The summed E-state index contributed by atoms with van der Waals surface area (Å²) in [5, 5.41) is 3.86. The summed E-state index contributed by atoms with van der Waals surface area (Å²) < 4.78 is 10.6. The number of nitrogens with one attached hydrogen (secondary N) is 1. The van der Waals surface area contributed by atoms with E-state index in [9.17, 15) is 4.79 Å². The molecule has 0 bridgehead atoms. The molecule has 1 N–H and O–H groups in total. The number of amides is 1. The van der Waals surface area contributed by atoms with E-state index >= 15 is 0 Å². The third-order valence-corrected chi connectivity index (χ3v) is 5.65. The Morgan fingerprint density at radius 1 is 1.07 bits per heavy atom. The number of benzene rings is 2. The molecule has 156 valence electrons. The molecule has 5 nitrogen and oxygen atoms in total. The number of methoxy groups -OCH3 is 2. The van der Waals surface area contributed by atoms with Crippen LogP contribution in [0.1, 0.15) is 24.0 Å². The first-order valence-electron chi connectivity index (χ1n) is 10.0. The molecule has 2 aromatic carbocycles. The summed E-state index contributed by atoms with van der Waals surface area (Å²) in [6, 6.07) is 13.8. The SMILES string of the molecule is COc1ccc(CCNC(=O)C2CCN(Cc3cccc(Cl)c3)CC2)cc1OC. The third-order valence-electron chi connectivity index (χ3n) is 5.41. The van der Waals surface area contributed by atoms with E-state index in [4.69, 9.17) is 21.1 Å². The molecule has 1 amide bonds. The Kier molecular flexibility index (Phi) is 7.78. The van der Waals surface area contributed by atoms with Crippen LogP contribution < -0.4 is 14.8 Å². The van der Waals surface area contributed by atoms with Gasteiger partial charge in [0.15, 0.2) is 11.5 Å². The molecule has 1 saturated heterocycles. The van der Waals surface area contributed by atoms with Crippen molar-refractivity contribution in [2.45, 2.75) is 25.8 Å². The number of piperidine rings is 1. The van der Waals surface area contributed by atoms with E-state index in [0.29, 0.717) is 18.0 Å². The van der Waals surface area contributed by atoms with E-state index in [1.807, 2.05) is 36.4 Å². The number of halogens is 1. The zero-order valence-electron chi connectivity index (χ0n) is 17.1. The molecule has 0 spiro atoms. The fourth-order valence-corrected chi connectivity index (χ4v) is 3.97. The van der Waals surface area contributed by atoms with E-state index in [2.05, 4.69) is 16.3 Å². The average Bonchev–Trinajstić information content (AvgIpc) is 2.74. The van der Waals surface area contributed by atoms with Gasteiger partial charge in [-0.2, -0.15) is 0 Å². The van der Waals surface area contributed by atoms with Crippen molar-refractivity contribution in [1.29, 1.82) is 0 Å². The topological polar surface area (TPSA) is 50.8 Å². The van der Waals surface area contributed by atoms with Gasteiger partial charge in [0.2, 0.25) is 5.91 Å². The van der Waals surface area contributed by atoms with Gasteiger partial charge in [-0.1, -0.05) is 29.8 Å². The van der Waals surface area contributed by atoms with Gasteiger partial charge < -0.3 is 14.8 Å². The number of rotatable bonds is 8. The Morgan fingerprint density at radius 2 is 1.83 bits per heavy atom. The summed E-state index contributed by atoms with van der Waals surface area (Å²) in [6.45, 7) is 3.37. The number of nitrogens with zero attached hydrogens (tertiary/aromatic N) is 1. The fraction of sp³-hybridized carbons (Fsp3) is 0.435. The number of carbonyl (C=O) groups excluding carboxylic acids is 1. The van der Waals surface area contributed by atoms with Crippen LogP contribution >= 0.6 is 11.6 Å². The summed E-state index contributed by atoms with van der Waals surface area (Å²) in [7, 11) is 3.25. The summed E-state index contributed by atoms with van der Waals surface area (Å²) in [4.78, 5) is 14.9. The van der Waals surface area contributed by atoms with Crippen LogP contribution in [0.3, 0.4) is 0 Å². The molecule has 1 heterocycles. The Balaban J connectivity index is 1.41. The smallest absolute Gasteiger partial charge is 0.223 e. The van der Waals surface area contributed by atoms with Crippen molar-refractivity contribution >= 4 is 17.5 Å². The lowest BCUT2D eigenvalue weighted by Crippen LogP contribution is -2.40. The molecular weight excluding hydrogens is 388 g/mol. The highest BCUT2D eigenvalue weighted by Crippen LogP contribution is 2.27. The lowest BCUT2D eigenvalue weighted by Gasteiger charge is -2.31. The number of carbonyl (C=O) groups is 1. The maximum absolute atomic E-state index is 12.5. The minimum absolute atomic E-state index is 0.0935. The highest BCUT2D eigenvalue weighted by Gasteiger charge is 2.24. The van der Waals surface area contributed by atoms with E-state index in [-0.39, 0.29) is 11.8 Å². The molecule has 6 heteroatoms. The Bertz CT molecular complexity index is 820. The molecule has 29 heavy (non-hydrogen) atoms. The second-order valence-corrected chi connectivity index (χ2v) is 7.85. The Labute approximate surface area is 177 Å². The standard InChI is InChI=1S/C23H29ClN2O3/c1-28-21-7-6-17(15-22(21)29-2)8-11-25-23(27)19-9-12-26(13-10-19)16-18-4-3-5-20(24)14-18/h3-7,14-15,19H,8-13,16H2,1-2H3,(H,25,27). The molecule has 2 aromatic rings. The third kappa shape index (κ3) is 6.12. The Morgan fingerprint density at radius 3 is 2.52 bits per heavy atom. The fourth-order valence-electron chi connectivity index (χ4n) is 3.76. The number of likely N-dealkylation sites (tertiary alicyclic amines) is 1. The molecule has 3 rings (SSSR count). The highest BCUT2D eigenvalue weighted by atomic mass is 35.5. The minimum atomic E-state index is 0.0935. The van der Waals surface area contributed by atoms with Crippen molar-refractivity contribution in [3.05, 3.63) is 58.6 Å². The molecular formula is C23H29ClN2O3. The summed E-state index contributed by atoms with van der Waals surface area (Å²) >= 11 is 6.07. The molecule has 0 saturated carbocycles. The van der Waals surface area contributed by atoms with E-state index < -0.39 is 0 Å². The second-order valence-electron chi connectivity index (χ2n) is 7.41. The van der Waals surface area contributed by atoms with Gasteiger partial charge in [0.1, 0.15) is 0 Å². The maximum atomic E-state index is 12.5. The van der Waals surface area contributed by atoms with Gasteiger partial charge in [-0.25, -0.2) is 0 Å². The monoisotopic (exact) mass is 416 g/mol. The first-order valence-corrected chi connectivity index (χ1v) is 10.4. The highest BCUT2D eigenvalue weighted by molar-refractivity contribution is 6.30. The quantitative estimate of drug-likeness (QED) is 0.708. The van der Waals surface area contributed by atoms with Crippen LogP contribution in [-0.2, 0) is 17.8 Å². The molecule has 1 aliphatic heterocycles. The van der Waals surface area contributed by atoms with E-state index in [1.54, 1.807) is 14.2 Å². The molecule has 0 aliphatic carbocycles. The van der Waals surface area contributed by atoms with Gasteiger partial charge in [-0.3, -0.25) is 9.69 Å². The molecule has 0 aromatic heterocycles. The predicted molar refractivity (Wildman–Crippen MR) is 116 cm³/mol. The summed E-state index contributed by atoms with van der Waals surface area (Å²) in [5.41, 5.74) is 2.33. The molecule has 0 radical (unpaired) electrons. The minimum Gasteiger partial charge on any atom is -0.493 e. The van der Waals surface area contributed by atoms with Crippen molar-refractivity contribution in [2.75, 3.05) is 33.9 Å². The van der Waals surface area contributed by atoms with Crippen LogP contribution in [0.4, 0.5) is 0 Å². The van der Waals surface area contributed by atoms with Crippen LogP contribution in [0.5, 0.6) is 11.5 Å². The van der Waals surface area contributed by atoms with E-state index in [1.165, 1.54) is 5.56 Å². The summed E-state index contributed by atoms with van der Waals surface area (Å²) in [6.07, 6.45) is 2.55. The average molecular weight is 417 g/mol. The first kappa shape index (κ1) is 21.5. The molecule has 0 unspecified atom stereocenters. The molecule has 1 fully saturated rings. The van der Waals surface area contributed by atoms with Crippen LogP contribution in [0, 0.1) is 5.92 Å². The Hall–Kier alpha value is -2.24. The van der Waals surface area contributed by atoms with Crippen LogP contribution in [-0.4, -0.2) is 44.7 Å². The predicted octanol–water partition coefficient (Wildman–Crippen LogP) is 3.93. The molecule has 1 aliphatic rings. The van der Waals surface area contributed by atoms with Crippen molar-refractivity contribution in [3.8, 4) is 11.5 Å². The van der Waals surface area contributed by atoms with Crippen molar-refractivity contribution in [3.63, 3.8) is 0 Å². The van der Waals surface area contributed by atoms with Crippen LogP contribution in [0.25, 0.3) is 0 Å². The first-order chi connectivity index (χ1) is 14.1. The van der Waals surface area contributed by atoms with Gasteiger partial charge in [0.05, 0.1) is 14.2 Å². The largest absolute Gasteiger partial charge is 0.493 e. The van der Waals surface area contributed by atoms with Crippen LogP contribution in [0.2, 0.25) is 5.02 Å². The number of hydrogen-bond donors (Lipinski definition) is 1. The normalized spacial score (nSPS) is 15.1. The van der Waals surface area contributed by atoms with Gasteiger partial charge in [0, 0.05) is 24.0 Å². The van der Waals surface area contributed by atoms with Crippen molar-refractivity contribution in [1.82, 2.24) is 10.2 Å². The van der Waals surface area contributed by atoms with Gasteiger partial charge >= 0.3 is 0 Å². The lowest BCUT2D eigenvalue weighted by atomic mass is 9.95.